The SMILES string of the molecule is CNCc1ccc(Sc2ccoc2C)cc1C. The van der Waals surface area contributed by atoms with Crippen LogP contribution in [0.4, 0.5) is 0 Å². The van der Waals surface area contributed by atoms with Gasteiger partial charge in [0.25, 0.3) is 0 Å². The highest BCUT2D eigenvalue weighted by atomic mass is 32.2. The van der Waals surface area contributed by atoms with Crippen molar-refractivity contribution in [3.05, 3.63) is 47.4 Å². The molecule has 0 fully saturated rings. The van der Waals surface area contributed by atoms with Crippen molar-refractivity contribution in [2.45, 2.75) is 30.2 Å². The van der Waals surface area contributed by atoms with Crippen LogP contribution in [-0.2, 0) is 6.54 Å². The van der Waals surface area contributed by atoms with Gasteiger partial charge in [-0.15, -0.1) is 0 Å². The maximum atomic E-state index is 5.30. The maximum absolute atomic E-state index is 5.30. The van der Waals surface area contributed by atoms with E-state index in [-0.39, 0.29) is 0 Å². The number of hydrogen-bond donors (Lipinski definition) is 1. The molecular weight excluding hydrogens is 230 g/mol. The number of aryl methyl sites for hydroxylation is 2. The van der Waals surface area contributed by atoms with Crippen molar-refractivity contribution in [1.29, 1.82) is 0 Å². The van der Waals surface area contributed by atoms with Gasteiger partial charge in [0.05, 0.1) is 11.2 Å². The third-order valence-corrected chi connectivity index (χ3v) is 3.85. The second-order valence-electron chi connectivity index (χ2n) is 4.06. The molecule has 90 valence electrons. The smallest absolute Gasteiger partial charge is 0.114 e. The van der Waals surface area contributed by atoms with Gasteiger partial charge in [-0.2, -0.15) is 0 Å². The number of furan rings is 1. The Hall–Kier alpha value is -1.19. The number of nitrogens with one attached hydrogen (secondary N) is 1. The van der Waals surface area contributed by atoms with E-state index in [0.29, 0.717) is 0 Å². The van der Waals surface area contributed by atoms with E-state index in [1.165, 1.54) is 20.9 Å². The molecule has 1 heterocycles. The first-order valence-corrected chi connectivity index (χ1v) is 6.48. The monoisotopic (exact) mass is 247 g/mol. The van der Waals surface area contributed by atoms with Gasteiger partial charge >= 0.3 is 0 Å². The van der Waals surface area contributed by atoms with E-state index in [1.54, 1.807) is 18.0 Å². The van der Waals surface area contributed by atoms with Crippen LogP contribution in [0.1, 0.15) is 16.9 Å². The van der Waals surface area contributed by atoms with Crippen LogP contribution in [0.25, 0.3) is 0 Å². The van der Waals surface area contributed by atoms with E-state index in [0.717, 1.165) is 12.3 Å². The summed E-state index contributed by atoms with van der Waals surface area (Å²) >= 11 is 1.75. The molecule has 0 aliphatic rings. The Balaban J connectivity index is 2.18. The van der Waals surface area contributed by atoms with Crippen LogP contribution in [0.2, 0.25) is 0 Å². The Kier molecular flexibility index (Phi) is 3.92. The molecule has 0 unspecified atom stereocenters. The quantitative estimate of drug-likeness (QED) is 0.890. The van der Waals surface area contributed by atoms with Crippen molar-refractivity contribution in [1.82, 2.24) is 5.32 Å². The molecule has 0 bridgehead atoms. The number of rotatable bonds is 4. The van der Waals surface area contributed by atoms with Gasteiger partial charge in [0.15, 0.2) is 0 Å². The standard InChI is InChI=1S/C14H17NOS/c1-10-8-13(5-4-12(10)9-15-3)17-14-6-7-16-11(14)2/h4-8,15H,9H2,1-3H3. The van der Waals surface area contributed by atoms with E-state index >= 15 is 0 Å². The van der Waals surface area contributed by atoms with Crippen molar-refractivity contribution >= 4 is 11.8 Å². The highest BCUT2D eigenvalue weighted by Crippen LogP contribution is 2.31. The molecule has 0 aliphatic carbocycles. The van der Waals surface area contributed by atoms with Crippen molar-refractivity contribution in [2.24, 2.45) is 0 Å². The fraction of sp³-hybridized carbons (Fsp3) is 0.286. The molecule has 1 aromatic heterocycles. The first-order chi connectivity index (χ1) is 8.20. The minimum atomic E-state index is 0.918. The summed E-state index contributed by atoms with van der Waals surface area (Å²) in [6, 6.07) is 8.58. The first kappa shape index (κ1) is 12.3. The second kappa shape index (κ2) is 5.43. The van der Waals surface area contributed by atoms with Gasteiger partial charge in [-0.1, -0.05) is 17.8 Å². The lowest BCUT2D eigenvalue weighted by molar-refractivity contribution is 0.527. The predicted octanol–water partition coefficient (Wildman–Crippen LogP) is 3.77. The van der Waals surface area contributed by atoms with Gasteiger partial charge in [0, 0.05) is 11.4 Å². The van der Waals surface area contributed by atoms with E-state index in [1.807, 2.05) is 20.0 Å². The highest BCUT2D eigenvalue weighted by molar-refractivity contribution is 7.99. The fourth-order valence-electron chi connectivity index (χ4n) is 1.73. The molecule has 0 amide bonds. The average Bonchev–Trinajstić information content (AvgIpc) is 2.69. The summed E-state index contributed by atoms with van der Waals surface area (Å²) < 4.78 is 5.30. The van der Waals surface area contributed by atoms with Crippen molar-refractivity contribution < 1.29 is 4.42 Å². The average molecular weight is 247 g/mol. The molecule has 0 saturated heterocycles. The molecule has 1 N–H and O–H groups in total. The van der Waals surface area contributed by atoms with Crippen LogP contribution < -0.4 is 5.32 Å². The lowest BCUT2D eigenvalue weighted by Gasteiger charge is -2.07. The van der Waals surface area contributed by atoms with Gasteiger partial charge < -0.3 is 9.73 Å². The number of hydrogen-bond acceptors (Lipinski definition) is 3. The normalized spacial score (nSPS) is 10.8. The van der Waals surface area contributed by atoms with Gasteiger partial charge in [0.2, 0.25) is 0 Å². The summed E-state index contributed by atoms with van der Waals surface area (Å²) in [4.78, 5) is 2.44. The molecule has 1 aromatic carbocycles. The van der Waals surface area contributed by atoms with Crippen LogP contribution >= 0.6 is 11.8 Å². The van der Waals surface area contributed by atoms with E-state index < -0.39 is 0 Å². The molecule has 0 radical (unpaired) electrons. The van der Waals surface area contributed by atoms with Crippen LogP contribution in [-0.4, -0.2) is 7.05 Å². The molecule has 2 aromatic rings. The molecule has 2 rings (SSSR count). The molecule has 0 spiro atoms. The third-order valence-electron chi connectivity index (χ3n) is 2.72. The number of benzene rings is 1. The van der Waals surface area contributed by atoms with Crippen molar-refractivity contribution in [2.75, 3.05) is 7.05 Å². The lowest BCUT2D eigenvalue weighted by atomic mass is 10.1. The maximum Gasteiger partial charge on any atom is 0.114 e. The molecule has 17 heavy (non-hydrogen) atoms. The van der Waals surface area contributed by atoms with Crippen LogP contribution in [0.5, 0.6) is 0 Å². The summed E-state index contributed by atoms with van der Waals surface area (Å²) in [5, 5.41) is 3.18. The Morgan fingerprint density at radius 2 is 2.06 bits per heavy atom. The summed E-state index contributed by atoms with van der Waals surface area (Å²) in [5.74, 6) is 0.979. The molecule has 0 saturated carbocycles. The Labute approximate surface area is 106 Å². The van der Waals surface area contributed by atoms with Crippen LogP contribution in [0.3, 0.4) is 0 Å². The molecular formula is C14H17NOS. The van der Waals surface area contributed by atoms with Crippen molar-refractivity contribution in [3.8, 4) is 0 Å². The summed E-state index contributed by atoms with van der Waals surface area (Å²) in [5.41, 5.74) is 2.67. The van der Waals surface area contributed by atoms with Gasteiger partial charge in [0.1, 0.15) is 5.76 Å². The Morgan fingerprint density at radius 1 is 1.24 bits per heavy atom. The van der Waals surface area contributed by atoms with Gasteiger partial charge in [-0.25, -0.2) is 0 Å². The zero-order chi connectivity index (χ0) is 12.3. The minimum absolute atomic E-state index is 0.918. The zero-order valence-corrected chi connectivity index (χ0v) is 11.2. The fourth-order valence-corrected chi connectivity index (χ4v) is 2.67. The largest absolute Gasteiger partial charge is 0.468 e. The minimum Gasteiger partial charge on any atom is -0.468 e. The van der Waals surface area contributed by atoms with Crippen molar-refractivity contribution in [3.63, 3.8) is 0 Å². The zero-order valence-electron chi connectivity index (χ0n) is 10.4. The lowest BCUT2D eigenvalue weighted by Crippen LogP contribution is -2.06. The van der Waals surface area contributed by atoms with Crippen LogP contribution in [0, 0.1) is 13.8 Å². The van der Waals surface area contributed by atoms with Gasteiger partial charge in [-0.3, -0.25) is 0 Å². The first-order valence-electron chi connectivity index (χ1n) is 5.67. The van der Waals surface area contributed by atoms with Gasteiger partial charge in [-0.05, 0) is 50.2 Å². The predicted molar refractivity (Wildman–Crippen MR) is 71.5 cm³/mol. The Bertz CT molecular complexity index is 505. The molecule has 3 heteroatoms. The Morgan fingerprint density at radius 3 is 2.65 bits per heavy atom. The van der Waals surface area contributed by atoms with E-state index in [9.17, 15) is 0 Å². The highest BCUT2D eigenvalue weighted by Gasteiger charge is 2.05. The third kappa shape index (κ3) is 2.93. The summed E-state index contributed by atoms with van der Waals surface area (Å²) in [6.45, 7) is 5.06. The topological polar surface area (TPSA) is 25.2 Å². The molecule has 0 atom stereocenters. The van der Waals surface area contributed by atoms with Crippen LogP contribution in [0.15, 0.2) is 44.7 Å². The van der Waals surface area contributed by atoms with E-state index in [2.05, 4.69) is 30.4 Å². The molecule has 2 nitrogen and oxygen atoms in total. The summed E-state index contributed by atoms with van der Waals surface area (Å²) in [7, 11) is 1.97. The van der Waals surface area contributed by atoms with E-state index in [4.69, 9.17) is 4.42 Å². The second-order valence-corrected chi connectivity index (χ2v) is 5.18. The molecule has 0 aliphatic heterocycles. The summed E-state index contributed by atoms with van der Waals surface area (Å²) in [6.07, 6.45) is 1.74.